The number of carbonyl (C=O) groups is 1. The molecule has 0 rings (SSSR count). The monoisotopic (exact) mass is 269 g/mol. The van der Waals surface area contributed by atoms with E-state index >= 15 is 0 Å². The standard InChI is InChI=1S/C17H35NO/c1-13(2)9-10-18-15(19)17(7,8)12-16(5,6)11-14(3)4/h13-14H,9-12H2,1-8H3,(H,18,19). The Balaban J connectivity index is 4.39. The van der Waals surface area contributed by atoms with Crippen molar-refractivity contribution in [1.29, 1.82) is 0 Å². The molecular weight excluding hydrogens is 234 g/mol. The summed E-state index contributed by atoms with van der Waals surface area (Å²) in [6.45, 7) is 18.3. The van der Waals surface area contributed by atoms with E-state index in [2.05, 4.69) is 60.7 Å². The second-order valence-electron chi connectivity index (χ2n) is 8.26. The van der Waals surface area contributed by atoms with Gasteiger partial charge >= 0.3 is 0 Å². The highest BCUT2D eigenvalue weighted by Gasteiger charge is 2.34. The molecule has 2 nitrogen and oxygen atoms in total. The molecule has 0 heterocycles. The van der Waals surface area contributed by atoms with Gasteiger partial charge in [-0.2, -0.15) is 0 Å². The zero-order chi connectivity index (χ0) is 15.3. The van der Waals surface area contributed by atoms with Crippen molar-refractivity contribution in [3.8, 4) is 0 Å². The van der Waals surface area contributed by atoms with E-state index in [-0.39, 0.29) is 16.7 Å². The smallest absolute Gasteiger partial charge is 0.225 e. The van der Waals surface area contributed by atoms with Crippen LogP contribution in [-0.4, -0.2) is 12.5 Å². The summed E-state index contributed by atoms with van der Waals surface area (Å²) >= 11 is 0. The third-order valence-electron chi connectivity index (χ3n) is 3.50. The average molecular weight is 269 g/mol. The second kappa shape index (κ2) is 7.31. The summed E-state index contributed by atoms with van der Waals surface area (Å²) in [5, 5.41) is 3.09. The molecule has 2 heteroatoms. The molecule has 19 heavy (non-hydrogen) atoms. The van der Waals surface area contributed by atoms with E-state index in [1.165, 1.54) is 0 Å². The molecule has 0 radical (unpaired) electrons. The molecule has 0 aromatic heterocycles. The number of amides is 1. The van der Waals surface area contributed by atoms with Crippen LogP contribution in [0.3, 0.4) is 0 Å². The molecule has 0 unspecified atom stereocenters. The Labute approximate surface area is 120 Å². The van der Waals surface area contributed by atoms with Gasteiger partial charge in [-0.1, -0.05) is 55.4 Å². The molecule has 0 atom stereocenters. The fourth-order valence-electron chi connectivity index (χ4n) is 3.17. The van der Waals surface area contributed by atoms with Crippen molar-refractivity contribution < 1.29 is 4.79 Å². The third kappa shape index (κ3) is 8.28. The lowest BCUT2D eigenvalue weighted by atomic mass is 9.71. The fourth-order valence-corrected chi connectivity index (χ4v) is 3.17. The Morgan fingerprint density at radius 3 is 1.95 bits per heavy atom. The van der Waals surface area contributed by atoms with E-state index in [1.54, 1.807) is 0 Å². The van der Waals surface area contributed by atoms with Crippen LogP contribution in [0.5, 0.6) is 0 Å². The molecule has 114 valence electrons. The number of rotatable bonds is 8. The normalized spacial score (nSPS) is 13.2. The van der Waals surface area contributed by atoms with Gasteiger partial charge in [-0.05, 0) is 36.5 Å². The lowest BCUT2D eigenvalue weighted by Crippen LogP contribution is -2.40. The van der Waals surface area contributed by atoms with Crippen LogP contribution in [0.4, 0.5) is 0 Å². The first kappa shape index (κ1) is 18.5. The Morgan fingerprint density at radius 2 is 1.53 bits per heavy atom. The average Bonchev–Trinajstić information content (AvgIpc) is 2.12. The SMILES string of the molecule is CC(C)CCNC(=O)C(C)(C)CC(C)(C)CC(C)C. The molecule has 0 aliphatic rings. The number of nitrogens with one attached hydrogen (secondary N) is 1. The molecule has 0 aromatic carbocycles. The van der Waals surface area contributed by atoms with Crippen LogP contribution in [0.2, 0.25) is 0 Å². The maximum Gasteiger partial charge on any atom is 0.225 e. The highest BCUT2D eigenvalue weighted by Crippen LogP contribution is 2.38. The highest BCUT2D eigenvalue weighted by atomic mass is 16.2. The summed E-state index contributed by atoms with van der Waals surface area (Å²) in [5.41, 5.74) is -0.0670. The van der Waals surface area contributed by atoms with Gasteiger partial charge in [0.05, 0.1) is 0 Å². The van der Waals surface area contributed by atoms with Crippen LogP contribution in [0.1, 0.15) is 74.7 Å². The van der Waals surface area contributed by atoms with Crippen molar-refractivity contribution in [2.45, 2.75) is 74.7 Å². The molecular formula is C17H35NO. The van der Waals surface area contributed by atoms with E-state index in [0.717, 1.165) is 25.8 Å². The number of hydrogen-bond acceptors (Lipinski definition) is 1. The van der Waals surface area contributed by atoms with Crippen molar-refractivity contribution in [2.24, 2.45) is 22.7 Å². The van der Waals surface area contributed by atoms with E-state index < -0.39 is 0 Å². The molecule has 0 saturated heterocycles. The molecule has 1 amide bonds. The summed E-state index contributed by atoms with van der Waals surface area (Å²) in [4.78, 5) is 12.3. The Kier molecular flexibility index (Phi) is 7.10. The minimum absolute atomic E-state index is 0.199. The minimum Gasteiger partial charge on any atom is -0.356 e. The van der Waals surface area contributed by atoms with Crippen molar-refractivity contribution >= 4 is 5.91 Å². The largest absolute Gasteiger partial charge is 0.356 e. The van der Waals surface area contributed by atoms with Crippen LogP contribution < -0.4 is 5.32 Å². The summed E-state index contributed by atoms with van der Waals surface area (Å²) < 4.78 is 0. The van der Waals surface area contributed by atoms with Crippen LogP contribution in [0.15, 0.2) is 0 Å². The first-order valence-electron chi connectivity index (χ1n) is 7.74. The summed E-state index contributed by atoms with van der Waals surface area (Å²) in [5.74, 6) is 1.51. The maximum atomic E-state index is 12.3. The highest BCUT2D eigenvalue weighted by molar-refractivity contribution is 5.81. The van der Waals surface area contributed by atoms with Gasteiger partial charge in [0.2, 0.25) is 5.91 Å². The van der Waals surface area contributed by atoms with Gasteiger partial charge in [0, 0.05) is 12.0 Å². The van der Waals surface area contributed by atoms with Gasteiger partial charge in [0.1, 0.15) is 0 Å². The van der Waals surface area contributed by atoms with Gasteiger partial charge in [0.25, 0.3) is 0 Å². The molecule has 0 aliphatic heterocycles. The predicted molar refractivity (Wildman–Crippen MR) is 84.1 cm³/mol. The predicted octanol–water partition coefficient (Wildman–Crippen LogP) is 4.64. The Morgan fingerprint density at radius 1 is 1.00 bits per heavy atom. The molecule has 0 aromatic rings. The Bertz CT molecular complexity index is 277. The lowest BCUT2D eigenvalue weighted by Gasteiger charge is -2.35. The molecule has 0 bridgehead atoms. The topological polar surface area (TPSA) is 29.1 Å². The van der Waals surface area contributed by atoms with Crippen molar-refractivity contribution in [1.82, 2.24) is 5.32 Å². The quantitative estimate of drug-likeness (QED) is 0.683. The van der Waals surface area contributed by atoms with Crippen LogP contribution in [-0.2, 0) is 4.79 Å². The van der Waals surface area contributed by atoms with Crippen molar-refractivity contribution in [3.05, 3.63) is 0 Å². The van der Waals surface area contributed by atoms with Crippen LogP contribution >= 0.6 is 0 Å². The first-order valence-corrected chi connectivity index (χ1v) is 7.74. The number of carbonyl (C=O) groups excluding carboxylic acids is 1. The van der Waals surface area contributed by atoms with E-state index in [9.17, 15) is 4.79 Å². The summed E-state index contributed by atoms with van der Waals surface area (Å²) in [6, 6.07) is 0. The van der Waals surface area contributed by atoms with Crippen LogP contribution in [0, 0.1) is 22.7 Å². The van der Waals surface area contributed by atoms with Gasteiger partial charge in [-0.25, -0.2) is 0 Å². The van der Waals surface area contributed by atoms with E-state index in [1.807, 2.05) is 0 Å². The lowest BCUT2D eigenvalue weighted by molar-refractivity contribution is -0.131. The molecule has 0 fully saturated rings. The second-order valence-corrected chi connectivity index (χ2v) is 8.26. The first-order chi connectivity index (χ1) is 8.46. The van der Waals surface area contributed by atoms with E-state index in [4.69, 9.17) is 0 Å². The third-order valence-corrected chi connectivity index (χ3v) is 3.50. The molecule has 0 saturated carbocycles. The fraction of sp³-hybridized carbons (Fsp3) is 0.941. The maximum absolute atomic E-state index is 12.3. The van der Waals surface area contributed by atoms with Gasteiger partial charge < -0.3 is 5.32 Å². The molecule has 0 spiro atoms. The van der Waals surface area contributed by atoms with Crippen LogP contribution in [0.25, 0.3) is 0 Å². The van der Waals surface area contributed by atoms with Gasteiger partial charge in [-0.3, -0.25) is 4.79 Å². The molecule has 1 N–H and O–H groups in total. The van der Waals surface area contributed by atoms with Crippen molar-refractivity contribution in [3.63, 3.8) is 0 Å². The Hall–Kier alpha value is -0.530. The van der Waals surface area contributed by atoms with Crippen molar-refractivity contribution in [2.75, 3.05) is 6.54 Å². The minimum atomic E-state index is -0.282. The molecule has 0 aliphatic carbocycles. The number of hydrogen-bond donors (Lipinski definition) is 1. The summed E-state index contributed by atoms with van der Waals surface area (Å²) in [7, 11) is 0. The van der Waals surface area contributed by atoms with E-state index in [0.29, 0.717) is 11.8 Å². The zero-order valence-corrected chi connectivity index (χ0v) is 14.4. The van der Waals surface area contributed by atoms with Gasteiger partial charge in [-0.15, -0.1) is 0 Å². The summed E-state index contributed by atoms with van der Waals surface area (Å²) in [6.07, 6.45) is 3.15. The zero-order valence-electron chi connectivity index (χ0n) is 14.4. The van der Waals surface area contributed by atoms with Gasteiger partial charge in [0.15, 0.2) is 0 Å².